The first-order chi connectivity index (χ1) is 8.63. The largest absolute Gasteiger partial charge is 0.383 e. The van der Waals surface area contributed by atoms with Crippen molar-refractivity contribution in [1.82, 2.24) is 5.32 Å². The Morgan fingerprint density at radius 2 is 2.28 bits per heavy atom. The molecular weight excluding hydrogens is 244 g/mol. The number of hydrogen-bond acceptors (Lipinski definition) is 2. The van der Waals surface area contributed by atoms with E-state index in [4.69, 9.17) is 17.0 Å². The number of nitrogens with one attached hydrogen (secondary N) is 1. The molecule has 0 aliphatic carbocycles. The third-order valence-corrected chi connectivity index (χ3v) is 3.53. The second-order valence-corrected chi connectivity index (χ2v) is 5.24. The van der Waals surface area contributed by atoms with E-state index in [9.17, 15) is 0 Å². The van der Waals surface area contributed by atoms with Crippen LogP contribution in [-0.2, 0) is 11.2 Å². The lowest BCUT2D eigenvalue weighted by Crippen LogP contribution is -2.47. The molecular formula is C14H20N2OS. The van der Waals surface area contributed by atoms with Crippen LogP contribution in [0.15, 0.2) is 24.3 Å². The predicted octanol–water partition coefficient (Wildman–Crippen LogP) is 2.35. The second kappa shape index (κ2) is 5.67. The van der Waals surface area contributed by atoms with Gasteiger partial charge in [0.2, 0.25) is 0 Å². The number of methoxy groups -OCH3 is 1. The summed E-state index contributed by atoms with van der Waals surface area (Å²) >= 11 is 5.52. The fourth-order valence-electron chi connectivity index (χ4n) is 2.45. The summed E-state index contributed by atoms with van der Waals surface area (Å²) in [5.74, 6) is 0. The maximum absolute atomic E-state index is 5.52. The second-order valence-electron chi connectivity index (χ2n) is 4.86. The summed E-state index contributed by atoms with van der Waals surface area (Å²) in [5.41, 5.74) is 2.60. The van der Waals surface area contributed by atoms with Crippen molar-refractivity contribution in [3.05, 3.63) is 29.8 Å². The Morgan fingerprint density at radius 3 is 3.00 bits per heavy atom. The minimum atomic E-state index is 0.225. The number of anilines is 1. The zero-order chi connectivity index (χ0) is 13.1. The van der Waals surface area contributed by atoms with E-state index in [1.807, 2.05) is 0 Å². The summed E-state index contributed by atoms with van der Waals surface area (Å²) in [4.78, 5) is 2.21. The Kier molecular flexibility index (Phi) is 4.19. The highest BCUT2D eigenvalue weighted by molar-refractivity contribution is 7.80. The van der Waals surface area contributed by atoms with Crippen LogP contribution in [0.2, 0.25) is 0 Å². The quantitative estimate of drug-likeness (QED) is 0.847. The van der Waals surface area contributed by atoms with Crippen LogP contribution in [0.25, 0.3) is 0 Å². The zero-order valence-electron chi connectivity index (χ0n) is 11.1. The summed E-state index contributed by atoms with van der Waals surface area (Å²) in [7, 11) is 1.70. The molecule has 2 atom stereocenters. The number of fused-ring (bicyclic) bond motifs is 1. The van der Waals surface area contributed by atoms with Gasteiger partial charge in [-0.1, -0.05) is 18.2 Å². The molecule has 2 rings (SSSR count). The molecule has 0 saturated carbocycles. The monoisotopic (exact) mass is 264 g/mol. The van der Waals surface area contributed by atoms with Crippen molar-refractivity contribution in [1.29, 1.82) is 0 Å². The molecule has 0 radical (unpaired) electrons. The Morgan fingerprint density at radius 1 is 1.56 bits per heavy atom. The van der Waals surface area contributed by atoms with Crippen LogP contribution in [0.5, 0.6) is 0 Å². The van der Waals surface area contributed by atoms with Gasteiger partial charge in [-0.15, -0.1) is 0 Å². The first-order valence-corrected chi connectivity index (χ1v) is 6.71. The Labute approximate surface area is 114 Å². The van der Waals surface area contributed by atoms with Crippen molar-refractivity contribution < 1.29 is 4.74 Å². The van der Waals surface area contributed by atoms with Crippen LogP contribution in [0.1, 0.15) is 19.4 Å². The maximum atomic E-state index is 5.52. The number of ether oxygens (including phenoxy) is 1. The van der Waals surface area contributed by atoms with Crippen molar-refractivity contribution in [2.24, 2.45) is 0 Å². The molecule has 18 heavy (non-hydrogen) atoms. The third-order valence-electron chi connectivity index (χ3n) is 3.21. The molecule has 1 aromatic rings. The van der Waals surface area contributed by atoms with Crippen LogP contribution >= 0.6 is 12.2 Å². The first-order valence-electron chi connectivity index (χ1n) is 6.30. The summed E-state index contributed by atoms with van der Waals surface area (Å²) in [6.07, 6.45) is 1.05. The van der Waals surface area contributed by atoms with Gasteiger partial charge in [-0.05, 0) is 44.1 Å². The van der Waals surface area contributed by atoms with Crippen molar-refractivity contribution >= 4 is 23.0 Å². The average molecular weight is 264 g/mol. The predicted molar refractivity (Wildman–Crippen MR) is 79.2 cm³/mol. The molecule has 0 aromatic heterocycles. The summed E-state index contributed by atoms with van der Waals surface area (Å²) in [5, 5.41) is 4.12. The van der Waals surface area contributed by atoms with E-state index in [1.165, 1.54) is 11.3 Å². The molecule has 0 fully saturated rings. The van der Waals surface area contributed by atoms with Gasteiger partial charge in [0, 0.05) is 24.9 Å². The van der Waals surface area contributed by atoms with E-state index in [0.717, 1.165) is 11.5 Å². The topological polar surface area (TPSA) is 24.5 Å². The summed E-state index contributed by atoms with van der Waals surface area (Å²) < 4.78 is 5.12. The Balaban J connectivity index is 2.11. The molecule has 0 bridgehead atoms. The standard InChI is InChI=1S/C14H20N2OS/c1-10(9-17-3)15-14(18)16-11(2)8-12-6-4-5-7-13(12)16/h4-7,10-11H,8-9H2,1-3H3,(H,15,18)/t10-,11-/m1/s1. The molecule has 0 spiro atoms. The van der Waals surface area contributed by atoms with Gasteiger partial charge in [0.05, 0.1) is 6.61 Å². The Bertz CT molecular complexity index is 436. The van der Waals surface area contributed by atoms with Gasteiger partial charge < -0.3 is 15.0 Å². The third kappa shape index (κ3) is 2.65. The van der Waals surface area contributed by atoms with Gasteiger partial charge in [0.25, 0.3) is 0 Å². The minimum Gasteiger partial charge on any atom is -0.383 e. The fraction of sp³-hybridized carbons (Fsp3) is 0.500. The van der Waals surface area contributed by atoms with E-state index in [0.29, 0.717) is 12.6 Å². The number of nitrogens with zero attached hydrogens (tertiary/aromatic N) is 1. The summed E-state index contributed by atoms with van der Waals surface area (Å²) in [6.45, 7) is 4.93. The van der Waals surface area contributed by atoms with E-state index >= 15 is 0 Å². The number of rotatable bonds is 3. The summed E-state index contributed by atoms with van der Waals surface area (Å²) in [6, 6.07) is 9.09. The molecule has 1 heterocycles. The number of thiocarbonyl (C=S) groups is 1. The smallest absolute Gasteiger partial charge is 0.174 e. The van der Waals surface area contributed by atoms with Crippen molar-refractivity contribution in [2.75, 3.05) is 18.6 Å². The zero-order valence-corrected chi connectivity index (χ0v) is 12.0. The molecule has 1 aliphatic rings. The van der Waals surface area contributed by atoms with Crippen molar-refractivity contribution in [3.63, 3.8) is 0 Å². The number of benzene rings is 1. The van der Waals surface area contributed by atoms with Crippen LogP contribution in [-0.4, -0.2) is 30.9 Å². The Hall–Kier alpha value is -1.13. The van der Waals surface area contributed by atoms with Crippen LogP contribution in [0, 0.1) is 0 Å². The van der Waals surface area contributed by atoms with Gasteiger partial charge in [-0.25, -0.2) is 0 Å². The lowest BCUT2D eigenvalue weighted by Gasteiger charge is -2.28. The number of hydrogen-bond donors (Lipinski definition) is 1. The highest BCUT2D eigenvalue weighted by Crippen LogP contribution is 2.31. The van der Waals surface area contributed by atoms with E-state index in [2.05, 4.69) is 48.3 Å². The minimum absolute atomic E-state index is 0.225. The van der Waals surface area contributed by atoms with Crippen molar-refractivity contribution in [2.45, 2.75) is 32.4 Å². The van der Waals surface area contributed by atoms with E-state index in [1.54, 1.807) is 7.11 Å². The SMILES string of the molecule is COC[C@@H](C)NC(=S)N1c2ccccc2C[C@H]1C. The molecule has 1 aromatic carbocycles. The first kappa shape index (κ1) is 13.3. The molecule has 1 N–H and O–H groups in total. The molecule has 1 aliphatic heterocycles. The van der Waals surface area contributed by atoms with Gasteiger partial charge in [0.15, 0.2) is 5.11 Å². The highest BCUT2D eigenvalue weighted by atomic mass is 32.1. The van der Waals surface area contributed by atoms with Gasteiger partial charge in [-0.3, -0.25) is 0 Å². The lowest BCUT2D eigenvalue weighted by molar-refractivity contribution is 0.179. The molecule has 4 heteroatoms. The van der Waals surface area contributed by atoms with Crippen molar-refractivity contribution in [3.8, 4) is 0 Å². The van der Waals surface area contributed by atoms with Gasteiger partial charge in [0.1, 0.15) is 0 Å². The van der Waals surface area contributed by atoms with Crippen LogP contribution in [0.3, 0.4) is 0 Å². The molecule has 0 unspecified atom stereocenters. The number of para-hydroxylation sites is 1. The molecule has 98 valence electrons. The highest BCUT2D eigenvalue weighted by Gasteiger charge is 2.28. The molecule has 0 saturated heterocycles. The van der Waals surface area contributed by atoms with Crippen LogP contribution < -0.4 is 10.2 Å². The maximum Gasteiger partial charge on any atom is 0.174 e. The fourth-order valence-corrected chi connectivity index (χ4v) is 2.93. The average Bonchev–Trinajstić information content (AvgIpc) is 2.64. The normalized spacial score (nSPS) is 19.5. The molecule has 3 nitrogen and oxygen atoms in total. The molecule has 0 amide bonds. The van der Waals surface area contributed by atoms with Gasteiger partial charge in [-0.2, -0.15) is 0 Å². The lowest BCUT2D eigenvalue weighted by atomic mass is 10.1. The van der Waals surface area contributed by atoms with E-state index < -0.39 is 0 Å². The van der Waals surface area contributed by atoms with Gasteiger partial charge >= 0.3 is 0 Å². The van der Waals surface area contributed by atoms with E-state index in [-0.39, 0.29) is 6.04 Å². The van der Waals surface area contributed by atoms with Crippen LogP contribution in [0.4, 0.5) is 5.69 Å².